The van der Waals surface area contributed by atoms with E-state index in [2.05, 4.69) is 44.3 Å². The van der Waals surface area contributed by atoms with Crippen molar-refractivity contribution in [3.8, 4) is 0 Å². The third-order valence-corrected chi connectivity index (χ3v) is 8.10. The molecule has 37 heavy (non-hydrogen) atoms. The number of dihydropyridines is 1. The Bertz CT molecular complexity index is 1250. The van der Waals surface area contributed by atoms with Crippen molar-refractivity contribution in [3.63, 3.8) is 0 Å². The van der Waals surface area contributed by atoms with Gasteiger partial charge in [0.2, 0.25) is 5.95 Å². The van der Waals surface area contributed by atoms with Gasteiger partial charge in [-0.2, -0.15) is 0 Å². The molecular weight excluding hydrogens is 471 g/mol. The summed E-state index contributed by atoms with van der Waals surface area (Å²) in [6.45, 7) is 6.51. The predicted octanol–water partition coefficient (Wildman–Crippen LogP) is 2.83. The monoisotopic (exact) mass is 506 g/mol. The van der Waals surface area contributed by atoms with Crippen LogP contribution in [-0.2, 0) is 11.8 Å². The first kappa shape index (κ1) is 24.2. The second kappa shape index (κ2) is 10.3. The van der Waals surface area contributed by atoms with E-state index < -0.39 is 0 Å². The van der Waals surface area contributed by atoms with Crippen LogP contribution in [0.4, 0.5) is 16.0 Å². The Morgan fingerprint density at radius 2 is 1.86 bits per heavy atom. The van der Waals surface area contributed by atoms with Gasteiger partial charge in [0.05, 0.1) is 25.4 Å². The van der Waals surface area contributed by atoms with E-state index in [-0.39, 0.29) is 24.0 Å². The number of allylic oxidation sites excluding steroid dienone is 2. The third kappa shape index (κ3) is 4.90. The average molecular weight is 507 g/mol. The summed E-state index contributed by atoms with van der Waals surface area (Å²) >= 11 is 0. The van der Waals surface area contributed by atoms with Crippen LogP contribution in [0.5, 0.6) is 0 Å². The smallest absolute Gasteiger partial charge is 0.255 e. The van der Waals surface area contributed by atoms with E-state index in [1.165, 1.54) is 48.7 Å². The molecule has 0 aliphatic carbocycles. The fourth-order valence-corrected chi connectivity index (χ4v) is 5.96. The molecule has 0 spiro atoms. The Balaban J connectivity index is 1.17. The molecule has 1 N–H and O–H groups in total. The summed E-state index contributed by atoms with van der Waals surface area (Å²) in [5, 5.41) is 2.84. The van der Waals surface area contributed by atoms with Crippen molar-refractivity contribution in [1.29, 1.82) is 0 Å². The number of nitrogens with zero attached hydrogens (tertiary/aromatic N) is 5. The van der Waals surface area contributed by atoms with Gasteiger partial charge in [-0.05, 0) is 62.3 Å². The molecule has 6 rings (SSSR count). The number of hydrogen-bond donors (Lipinski definition) is 1. The molecule has 4 aliphatic heterocycles. The molecular formula is C28H35FN6O2. The fourth-order valence-electron chi connectivity index (χ4n) is 5.96. The van der Waals surface area contributed by atoms with Crippen LogP contribution in [0.15, 0.2) is 53.2 Å². The van der Waals surface area contributed by atoms with E-state index in [0.29, 0.717) is 43.0 Å². The number of nitrogens with one attached hydrogen (secondary N) is 1. The number of aromatic nitrogens is 2. The second-order valence-electron chi connectivity index (χ2n) is 10.4. The molecule has 0 bridgehead atoms. The zero-order valence-electron chi connectivity index (χ0n) is 21.4. The predicted molar refractivity (Wildman–Crippen MR) is 143 cm³/mol. The maximum atomic E-state index is 14.4. The molecule has 2 atom stereocenters. The van der Waals surface area contributed by atoms with Crippen LogP contribution >= 0.6 is 0 Å². The van der Waals surface area contributed by atoms with Gasteiger partial charge in [0.1, 0.15) is 11.9 Å². The van der Waals surface area contributed by atoms with Crippen molar-refractivity contribution in [2.24, 2.45) is 7.05 Å². The largest absolute Gasteiger partial charge is 0.384 e. The topological polar surface area (TPSA) is 65.9 Å². The highest BCUT2D eigenvalue weighted by Gasteiger charge is 2.30. The van der Waals surface area contributed by atoms with Crippen LogP contribution in [0, 0.1) is 0 Å². The Hall–Kier alpha value is -3.17. The summed E-state index contributed by atoms with van der Waals surface area (Å²) in [4.78, 5) is 24.7. The second-order valence-corrected chi connectivity index (χ2v) is 10.4. The molecule has 1 aromatic carbocycles. The SMILES string of the molecule is Cn1c(N2CCO[C@@H](c3ccc(N4CC[C@@H](N5CCCC5)C4)cc3)C2)nc(C2=C(F)CNC=C2)cc1=O. The number of likely N-dealkylation sites (tertiary alicyclic amines) is 1. The fraction of sp³-hybridized carbons (Fsp3) is 0.500. The van der Waals surface area contributed by atoms with Gasteiger partial charge in [-0.25, -0.2) is 9.37 Å². The molecule has 3 saturated heterocycles. The number of benzene rings is 1. The van der Waals surface area contributed by atoms with Gasteiger partial charge in [0.25, 0.3) is 5.56 Å². The zero-order valence-corrected chi connectivity index (χ0v) is 21.4. The lowest BCUT2D eigenvalue weighted by molar-refractivity contribution is 0.0389. The van der Waals surface area contributed by atoms with E-state index in [4.69, 9.17) is 9.72 Å². The van der Waals surface area contributed by atoms with Crippen molar-refractivity contribution in [3.05, 3.63) is 70.0 Å². The number of ether oxygens (including phenoxy) is 1. The van der Waals surface area contributed by atoms with Gasteiger partial charge in [-0.1, -0.05) is 12.1 Å². The summed E-state index contributed by atoms with van der Waals surface area (Å²) in [6, 6.07) is 10.8. The van der Waals surface area contributed by atoms with Crippen LogP contribution in [0.25, 0.3) is 5.57 Å². The van der Waals surface area contributed by atoms with Gasteiger partial charge < -0.3 is 19.9 Å². The standard InChI is InChI=1S/C28H35FN6O2/c1-32-27(36)16-25(23-8-10-30-17-24(23)29)31-28(32)35-14-15-37-26(19-35)20-4-6-21(7-5-20)34-13-9-22(18-34)33-11-2-3-12-33/h4-8,10,16,22,26,30H,2-3,9,11-15,17-19H2,1H3/t22-,26-/m1/s1. The highest BCUT2D eigenvalue weighted by molar-refractivity contribution is 5.74. The average Bonchev–Trinajstić information content (AvgIpc) is 3.63. The Morgan fingerprint density at radius 1 is 1.05 bits per heavy atom. The Morgan fingerprint density at radius 3 is 2.65 bits per heavy atom. The third-order valence-electron chi connectivity index (χ3n) is 8.10. The first-order chi connectivity index (χ1) is 18.1. The molecule has 0 radical (unpaired) electrons. The zero-order chi connectivity index (χ0) is 25.4. The van der Waals surface area contributed by atoms with E-state index in [1.54, 1.807) is 19.3 Å². The first-order valence-electron chi connectivity index (χ1n) is 13.4. The molecule has 196 valence electrons. The number of halogens is 1. The molecule has 0 unspecified atom stereocenters. The summed E-state index contributed by atoms with van der Waals surface area (Å²) < 4.78 is 22.1. The van der Waals surface area contributed by atoms with Crippen molar-refractivity contribution < 1.29 is 9.13 Å². The maximum absolute atomic E-state index is 14.4. The number of rotatable bonds is 5. The molecule has 4 aliphatic rings. The molecule has 2 aromatic rings. The molecule has 0 saturated carbocycles. The lowest BCUT2D eigenvalue weighted by atomic mass is 10.1. The normalized spacial score (nSPS) is 24.7. The first-order valence-corrected chi connectivity index (χ1v) is 13.4. The van der Waals surface area contributed by atoms with Crippen LogP contribution in [0.1, 0.15) is 36.6 Å². The molecule has 5 heterocycles. The lowest BCUT2D eigenvalue weighted by Crippen LogP contribution is -2.42. The lowest BCUT2D eigenvalue weighted by Gasteiger charge is -2.35. The summed E-state index contributed by atoms with van der Waals surface area (Å²) in [6.07, 6.45) is 7.08. The van der Waals surface area contributed by atoms with Gasteiger partial charge >= 0.3 is 0 Å². The summed E-state index contributed by atoms with van der Waals surface area (Å²) in [7, 11) is 1.71. The van der Waals surface area contributed by atoms with E-state index in [9.17, 15) is 9.18 Å². The van der Waals surface area contributed by atoms with Gasteiger partial charge in [-0.3, -0.25) is 14.3 Å². The van der Waals surface area contributed by atoms with Crippen LogP contribution in [-0.4, -0.2) is 72.9 Å². The van der Waals surface area contributed by atoms with Crippen LogP contribution < -0.4 is 20.7 Å². The van der Waals surface area contributed by atoms with Gasteiger partial charge in [0.15, 0.2) is 0 Å². The van der Waals surface area contributed by atoms with E-state index >= 15 is 0 Å². The van der Waals surface area contributed by atoms with Crippen molar-refractivity contribution >= 4 is 17.2 Å². The number of hydrogen-bond acceptors (Lipinski definition) is 7. The minimum Gasteiger partial charge on any atom is -0.384 e. The maximum Gasteiger partial charge on any atom is 0.255 e. The minimum absolute atomic E-state index is 0.101. The van der Waals surface area contributed by atoms with Gasteiger partial charge in [-0.15, -0.1) is 0 Å². The van der Waals surface area contributed by atoms with Crippen molar-refractivity contribution in [2.45, 2.75) is 31.4 Å². The quantitative estimate of drug-likeness (QED) is 0.669. The highest BCUT2D eigenvalue weighted by atomic mass is 19.1. The Kier molecular flexibility index (Phi) is 6.73. The number of anilines is 2. The highest BCUT2D eigenvalue weighted by Crippen LogP contribution is 2.30. The molecule has 1 aromatic heterocycles. The van der Waals surface area contributed by atoms with Crippen molar-refractivity contribution in [1.82, 2.24) is 19.8 Å². The minimum atomic E-state index is -0.320. The summed E-state index contributed by atoms with van der Waals surface area (Å²) in [5.41, 5.74) is 2.88. The summed E-state index contributed by atoms with van der Waals surface area (Å²) in [5.74, 6) is 0.212. The molecule has 3 fully saturated rings. The van der Waals surface area contributed by atoms with Crippen molar-refractivity contribution in [2.75, 3.05) is 62.2 Å². The molecule has 9 heteroatoms. The molecule has 8 nitrogen and oxygen atoms in total. The van der Waals surface area contributed by atoms with Crippen LogP contribution in [0.2, 0.25) is 0 Å². The number of morpholine rings is 1. The van der Waals surface area contributed by atoms with E-state index in [0.717, 1.165) is 18.7 Å². The Labute approximate surface area is 217 Å². The molecule has 0 amide bonds. The van der Waals surface area contributed by atoms with E-state index in [1.807, 2.05) is 0 Å². The van der Waals surface area contributed by atoms with Gasteiger partial charge in [0, 0.05) is 50.1 Å². The van der Waals surface area contributed by atoms with Crippen LogP contribution in [0.3, 0.4) is 0 Å².